The fraction of sp³-hybridized carbons (Fsp3) is 0.500. The van der Waals surface area contributed by atoms with Crippen molar-refractivity contribution < 1.29 is 9.53 Å². The summed E-state index contributed by atoms with van der Waals surface area (Å²) in [5, 5.41) is 8.70. The molecule has 0 unspecified atom stereocenters. The topological polar surface area (TPSA) is 53.3 Å². The van der Waals surface area contributed by atoms with Gasteiger partial charge in [0, 0.05) is 13.1 Å². The number of nitriles is 1. The Morgan fingerprint density at radius 1 is 1.71 bits per heavy atom. The summed E-state index contributed by atoms with van der Waals surface area (Å²) in [6, 6.07) is 1.83. The highest BCUT2D eigenvalue weighted by Gasteiger charge is 2.20. The number of ether oxygens (including phenoxy) is 1. The molecule has 0 bridgehead atoms. The van der Waals surface area contributed by atoms with Crippen molar-refractivity contribution in [1.29, 1.82) is 5.26 Å². The number of methoxy groups -OCH3 is 1. The summed E-state index contributed by atoms with van der Waals surface area (Å²) in [4.78, 5) is 13.3. The van der Waals surface area contributed by atoms with Gasteiger partial charge < -0.3 is 9.64 Å². The predicted molar refractivity (Wildman–Crippen MR) is 50.8 cm³/mol. The number of piperidine rings is 1. The molecule has 4 nitrogen and oxygen atoms in total. The first-order valence-corrected chi connectivity index (χ1v) is 4.53. The van der Waals surface area contributed by atoms with E-state index in [4.69, 9.17) is 5.26 Å². The lowest BCUT2D eigenvalue weighted by molar-refractivity contribution is -0.127. The molecule has 1 aliphatic heterocycles. The fourth-order valence-electron chi connectivity index (χ4n) is 1.36. The molecule has 1 amide bonds. The molecule has 0 aromatic rings. The van der Waals surface area contributed by atoms with Crippen LogP contribution in [0.25, 0.3) is 0 Å². The lowest BCUT2D eigenvalue weighted by Crippen LogP contribution is -2.36. The van der Waals surface area contributed by atoms with E-state index < -0.39 is 0 Å². The number of likely N-dealkylation sites (tertiary alicyclic amines) is 1. The molecule has 0 atom stereocenters. The van der Waals surface area contributed by atoms with Crippen molar-refractivity contribution in [2.75, 3.05) is 20.2 Å². The van der Waals surface area contributed by atoms with Crippen LogP contribution in [-0.2, 0) is 9.53 Å². The molecule has 1 rings (SSSR count). The number of carbonyl (C=O) groups excluding carboxylic acids is 1. The molecule has 14 heavy (non-hydrogen) atoms. The van der Waals surface area contributed by atoms with Crippen molar-refractivity contribution in [3.8, 4) is 6.07 Å². The van der Waals surface area contributed by atoms with Crippen LogP contribution >= 0.6 is 0 Å². The predicted octanol–water partition coefficient (Wildman–Crippen LogP) is 0.867. The summed E-state index contributed by atoms with van der Waals surface area (Å²) >= 11 is 0. The second-order valence-corrected chi connectivity index (χ2v) is 3.06. The van der Waals surface area contributed by atoms with Crippen LogP contribution in [0.3, 0.4) is 0 Å². The molecule has 0 N–H and O–H groups in total. The molecular weight excluding hydrogens is 180 g/mol. The Kier molecular flexibility index (Phi) is 3.99. The second kappa shape index (κ2) is 5.28. The van der Waals surface area contributed by atoms with Gasteiger partial charge in [-0.25, -0.2) is 0 Å². The van der Waals surface area contributed by atoms with Gasteiger partial charge in [-0.3, -0.25) is 4.79 Å². The van der Waals surface area contributed by atoms with Gasteiger partial charge in [-0.05, 0) is 19.3 Å². The maximum atomic E-state index is 11.7. The largest absolute Gasteiger partial charge is 0.503 e. The first-order chi connectivity index (χ1) is 6.79. The molecule has 1 saturated heterocycles. The molecule has 0 aliphatic carbocycles. The van der Waals surface area contributed by atoms with Crippen molar-refractivity contribution in [3.63, 3.8) is 0 Å². The first kappa shape index (κ1) is 10.6. The SMILES string of the molecule is COC=C(C#N)C(=O)N1C[CH]CCC1. The number of hydrogen-bond donors (Lipinski definition) is 0. The number of nitrogens with zero attached hydrogens (tertiary/aromatic N) is 2. The molecule has 1 radical (unpaired) electrons. The molecule has 1 fully saturated rings. The average molecular weight is 193 g/mol. The van der Waals surface area contributed by atoms with Crippen LogP contribution in [-0.4, -0.2) is 31.0 Å². The van der Waals surface area contributed by atoms with Gasteiger partial charge in [0.25, 0.3) is 5.91 Å². The van der Waals surface area contributed by atoms with Crippen LogP contribution in [0, 0.1) is 17.8 Å². The molecule has 0 aromatic heterocycles. The van der Waals surface area contributed by atoms with Crippen LogP contribution < -0.4 is 0 Å². The molecule has 4 heteroatoms. The summed E-state index contributed by atoms with van der Waals surface area (Å²) in [7, 11) is 1.42. The summed E-state index contributed by atoms with van der Waals surface area (Å²) < 4.78 is 4.66. The molecule has 0 spiro atoms. The van der Waals surface area contributed by atoms with Crippen molar-refractivity contribution in [3.05, 3.63) is 18.3 Å². The van der Waals surface area contributed by atoms with Gasteiger partial charge in [-0.15, -0.1) is 0 Å². The minimum atomic E-state index is -0.245. The second-order valence-electron chi connectivity index (χ2n) is 3.06. The van der Waals surface area contributed by atoms with E-state index in [-0.39, 0.29) is 11.5 Å². The third-order valence-corrected chi connectivity index (χ3v) is 2.06. The van der Waals surface area contributed by atoms with Gasteiger partial charge in [-0.2, -0.15) is 5.26 Å². The molecule has 0 aromatic carbocycles. The fourth-order valence-corrected chi connectivity index (χ4v) is 1.36. The van der Waals surface area contributed by atoms with Crippen molar-refractivity contribution in [2.24, 2.45) is 0 Å². The Labute approximate surface area is 83.8 Å². The third kappa shape index (κ3) is 2.49. The minimum absolute atomic E-state index is 0.0581. The first-order valence-electron chi connectivity index (χ1n) is 4.53. The van der Waals surface area contributed by atoms with Crippen LogP contribution in [0.5, 0.6) is 0 Å². The summed E-state index contributed by atoms with van der Waals surface area (Å²) in [5.74, 6) is -0.245. The van der Waals surface area contributed by atoms with E-state index in [2.05, 4.69) is 4.74 Å². The van der Waals surface area contributed by atoms with Crippen molar-refractivity contribution in [1.82, 2.24) is 4.90 Å². The quantitative estimate of drug-likeness (QED) is 0.371. The number of hydrogen-bond acceptors (Lipinski definition) is 3. The average Bonchev–Trinajstić information content (AvgIpc) is 2.26. The Bertz CT molecular complexity index is 272. The van der Waals surface area contributed by atoms with Gasteiger partial charge in [-0.1, -0.05) is 0 Å². The normalized spacial score (nSPS) is 17.4. The molecule has 1 heterocycles. The maximum absolute atomic E-state index is 11.7. The van der Waals surface area contributed by atoms with E-state index in [1.165, 1.54) is 13.4 Å². The Hall–Kier alpha value is -1.50. The highest BCUT2D eigenvalue weighted by atomic mass is 16.5. The van der Waals surface area contributed by atoms with Crippen molar-refractivity contribution >= 4 is 5.91 Å². The van der Waals surface area contributed by atoms with Crippen molar-refractivity contribution in [2.45, 2.75) is 12.8 Å². The van der Waals surface area contributed by atoms with Crippen LogP contribution in [0.4, 0.5) is 0 Å². The van der Waals surface area contributed by atoms with Gasteiger partial charge in [0.2, 0.25) is 0 Å². The zero-order valence-corrected chi connectivity index (χ0v) is 8.19. The molecule has 0 saturated carbocycles. The summed E-state index contributed by atoms with van der Waals surface area (Å²) in [6.07, 6.45) is 5.25. The number of carbonyl (C=O) groups is 1. The van der Waals surface area contributed by atoms with E-state index >= 15 is 0 Å². The highest BCUT2D eigenvalue weighted by molar-refractivity contribution is 5.97. The Morgan fingerprint density at radius 3 is 3.00 bits per heavy atom. The van der Waals surface area contributed by atoms with Crippen LogP contribution in [0.1, 0.15) is 12.8 Å². The minimum Gasteiger partial charge on any atom is -0.503 e. The van der Waals surface area contributed by atoms with E-state index in [9.17, 15) is 4.79 Å². The van der Waals surface area contributed by atoms with E-state index in [1.54, 1.807) is 4.90 Å². The van der Waals surface area contributed by atoms with Gasteiger partial charge in [0.05, 0.1) is 7.11 Å². The standard InChI is InChI=1S/C10H13N2O2/c1-14-8-9(7-11)10(13)12-5-3-2-4-6-12/h3,8H,2,4-6H2,1H3. The smallest absolute Gasteiger partial charge is 0.267 e. The van der Waals surface area contributed by atoms with Crippen LogP contribution in [0.15, 0.2) is 11.8 Å². The summed E-state index contributed by atoms with van der Waals surface area (Å²) in [6.45, 7) is 1.35. The maximum Gasteiger partial charge on any atom is 0.267 e. The van der Waals surface area contributed by atoms with Gasteiger partial charge in [0.1, 0.15) is 12.3 Å². The lowest BCUT2D eigenvalue weighted by Gasteiger charge is -2.25. The third-order valence-electron chi connectivity index (χ3n) is 2.06. The van der Waals surface area contributed by atoms with E-state index in [1.807, 2.05) is 12.5 Å². The molecular formula is C10H13N2O2. The number of amides is 1. The Morgan fingerprint density at radius 2 is 2.50 bits per heavy atom. The lowest BCUT2D eigenvalue weighted by atomic mass is 10.1. The summed E-state index contributed by atoms with van der Waals surface area (Å²) in [5.41, 5.74) is 0.0581. The molecule has 75 valence electrons. The Balaban J connectivity index is 2.63. The van der Waals surface area contributed by atoms with Crippen LogP contribution in [0.2, 0.25) is 0 Å². The number of rotatable bonds is 2. The van der Waals surface area contributed by atoms with E-state index in [0.717, 1.165) is 19.4 Å². The highest BCUT2D eigenvalue weighted by Crippen LogP contribution is 2.11. The van der Waals surface area contributed by atoms with Gasteiger partial charge in [0.15, 0.2) is 5.57 Å². The van der Waals surface area contributed by atoms with Gasteiger partial charge >= 0.3 is 0 Å². The zero-order valence-electron chi connectivity index (χ0n) is 8.19. The van der Waals surface area contributed by atoms with E-state index in [0.29, 0.717) is 6.54 Å². The molecule has 1 aliphatic rings. The monoisotopic (exact) mass is 193 g/mol. The zero-order chi connectivity index (χ0) is 10.4.